The Balaban J connectivity index is 1.50. The van der Waals surface area contributed by atoms with E-state index < -0.39 is 15.9 Å². The van der Waals surface area contributed by atoms with Crippen LogP contribution in [0.2, 0.25) is 5.02 Å². The van der Waals surface area contributed by atoms with Gasteiger partial charge in [-0.25, -0.2) is 13.1 Å². The number of aromatic nitrogens is 2. The van der Waals surface area contributed by atoms with Gasteiger partial charge < -0.3 is 10.1 Å². The monoisotopic (exact) mass is 460 g/mol. The number of nitrogens with zero attached hydrogens (tertiary/aromatic N) is 3. The van der Waals surface area contributed by atoms with Gasteiger partial charge in [0.1, 0.15) is 5.82 Å². The van der Waals surface area contributed by atoms with Crippen LogP contribution in [0.25, 0.3) is 0 Å². The van der Waals surface area contributed by atoms with Gasteiger partial charge in [-0.1, -0.05) is 29.8 Å². The Bertz CT molecular complexity index is 1170. The third kappa shape index (κ3) is 4.96. The summed E-state index contributed by atoms with van der Waals surface area (Å²) in [5.74, 6) is 0.0817. The number of sulfonamides is 1. The van der Waals surface area contributed by atoms with Crippen LogP contribution in [0, 0.1) is 0 Å². The molecule has 8 nitrogen and oxygen atoms in total. The molecule has 1 saturated heterocycles. The lowest BCUT2D eigenvalue weighted by atomic mass is 10.2. The molecule has 0 unspecified atom stereocenters. The molecule has 0 bridgehead atoms. The zero-order valence-corrected chi connectivity index (χ0v) is 18.1. The maximum Gasteiger partial charge on any atom is 0.256 e. The van der Waals surface area contributed by atoms with Gasteiger partial charge in [-0.2, -0.15) is 9.40 Å². The smallest absolute Gasteiger partial charge is 0.256 e. The lowest BCUT2D eigenvalue weighted by Crippen LogP contribution is -2.40. The maximum atomic E-state index is 12.9. The standard InChI is InChI=1S/C21H21ClN4O4S/c22-18-6-4-16(5-7-18)15-26-20(8-9-23-26)24-21(27)17-2-1-3-19(14-17)31(28,29)25-10-12-30-13-11-25/h1-9,14H,10-13,15H2,(H,24,27). The summed E-state index contributed by atoms with van der Waals surface area (Å²) in [5.41, 5.74) is 1.22. The van der Waals surface area contributed by atoms with Gasteiger partial charge in [-0.05, 0) is 35.9 Å². The second-order valence-electron chi connectivity index (χ2n) is 7.00. The van der Waals surface area contributed by atoms with Crippen LogP contribution in [0.4, 0.5) is 5.82 Å². The number of amides is 1. The Morgan fingerprint density at radius 1 is 1.10 bits per heavy atom. The van der Waals surface area contributed by atoms with Crippen molar-refractivity contribution in [2.24, 2.45) is 0 Å². The molecule has 2 heterocycles. The van der Waals surface area contributed by atoms with Gasteiger partial charge in [-0.15, -0.1) is 0 Å². The summed E-state index contributed by atoms with van der Waals surface area (Å²) in [5, 5.41) is 7.70. The molecule has 1 aliphatic rings. The van der Waals surface area contributed by atoms with Crippen LogP contribution in [0.1, 0.15) is 15.9 Å². The number of halogens is 1. The fourth-order valence-corrected chi connectivity index (χ4v) is 4.83. The molecule has 3 aromatic rings. The van der Waals surface area contributed by atoms with Crippen LogP contribution in [0.15, 0.2) is 65.7 Å². The maximum absolute atomic E-state index is 12.9. The Kier molecular flexibility index (Phi) is 6.38. The third-order valence-corrected chi connectivity index (χ3v) is 7.05. The fraction of sp³-hybridized carbons (Fsp3) is 0.238. The minimum Gasteiger partial charge on any atom is -0.379 e. The first-order chi connectivity index (χ1) is 14.9. The summed E-state index contributed by atoms with van der Waals surface area (Å²) in [6.07, 6.45) is 1.59. The number of carbonyl (C=O) groups is 1. The van der Waals surface area contributed by atoms with Crippen LogP contribution < -0.4 is 5.32 Å². The SMILES string of the molecule is O=C(Nc1ccnn1Cc1ccc(Cl)cc1)c1cccc(S(=O)(=O)N2CCOCC2)c1. The van der Waals surface area contributed by atoms with E-state index in [1.165, 1.54) is 16.4 Å². The largest absolute Gasteiger partial charge is 0.379 e. The Morgan fingerprint density at radius 2 is 1.84 bits per heavy atom. The van der Waals surface area contributed by atoms with Crippen molar-refractivity contribution in [1.82, 2.24) is 14.1 Å². The van der Waals surface area contributed by atoms with Gasteiger partial charge in [0.05, 0.1) is 30.9 Å². The third-order valence-electron chi connectivity index (χ3n) is 4.91. The molecule has 0 atom stereocenters. The number of hydrogen-bond donors (Lipinski definition) is 1. The number of hydrogen-bond acceptors (Lipinski definition) is 5. The van der Waals surface area contributed by atoms with Gasteiger partial charge >= 0.3 is 0 Å². The first kappa shape index (κ1) is 21.5. The molecular weight excluding hydrogens is 440 g/mol. The van der Waals surface area contributed by atoms with E-state index in [-0.39, 0.29) is 10.5 Å². The van der Waals surface area contributed by atoms with Crippen molar-refractivity contribution in [3.8, 4) is 0 Å². The average molecular weight is 461 g/mol. The average Bonchev–Trinajstić information content (AvgIpc) is 3.22. The van der Waals surface area contributed by atoms with E-state index in [0.29, 0.717) is 43.7 Å². The Labute approximate surface area is 185 Å². The number of nitrogens with one attached hydrogen (secondary N) is 1. The van der Waals surface area contributed by atoms with E-state index in [9.17, 15) is 13.2 Å². The van der Waals surface area contributed by atoms with Crippen molar-refractivity contribution in [3.63, 3.8) is 0 Å². The molecule has 0 aliphatic carbocycles. The number of rotatable bonds is 6. The molecule has 1 aromatic heterocycles. The molecule has 0 radical (unpaired) electrons. The molecule has 2 aromatic carbocycles. The minimum atomic E-state index is -3.69. The number of morpholine rings is 1. The number of carbonyl (C=O) groups excluding carboxylic acids is 1. The summed E-state index contributed by atoms with van der Waals surface area (Å²) in [4.78, 5) is 12.9. The van der Waals surface area contributed by atoms with Crippen LogP contribution >= 0.6 is 11.6 Å². The van der Waals surface area contributed by atoms with Gasteiger partial charge in [0.15, 0.2) is 0 Å². The second-order valence-corrected chi connectivity index (χ2v) is 9.37. The fourth-order valence-electron chi connectivity index (χ4n) is 3.25. The van der Waals surface area contributed by atoms with E-state index in [1.54, 1.807) is 41.2 Å². The normalized spacial score (nSPS) is 15.0. The van der Waals surface area contributed by atoms with Crippen molar-refractivity contribution in [1.29, 1.82) is 0 Å². The molecule has 1 N–H and O–H groups in total. The van der Waals surface area contributed by atoms with E-state index in [0.717, 1.165) is 5.56 Å². The summed E-state index contributed by atoms with van der Waals surface area (Å²) >= 11 is 5.92. The molecule has 1 fully saturated rings. The highest BCUT2D eigenvalue weighted by atomic mass is 35.5. The molecule has 1 aliphatic heterocycles. The molecule has 1 amide bonds. The zero-order chi connectivity index (χ0) is 21.8. The quantitative estimate of drug-likeness (QED) is 0.610. The zero-order valence-electron chi connectivity index (χ0n) is 16.6. The molecule has 4 rings (SSSR count). The summed E-state index contributed by atoms with van der Waals surface area (Å²) in [7, 11) is -3.69. The number of ether oxygens (including phenoxy) is 1. The topological polar surface area (TPSA) is 93.5 Å². The molecule has 31 heavy (non-hydrogen) atoms. The van der Waals surface area contributed by atoms with Crippen LogP contribution in [-0.4, -0.2) is 54.7 Å². The summed E-state index contributed by atoms with van der Waals surface area (Å²) < 4.78 is 34.0. The number of anilines is 1. The van der Waals surface area contributed by atoms with E-state index >= 15 is 0 Å². The highest BCUT2D eigenvalue weighted by molar-refractivity contribution is 7.89. The van der Waals surface area contributed by atoms with Crippen molar-refractivity contribution in [2.75, 3.05) is 31.6 Å². The molecular formula is C21H21ClN4O4S. The lowest BCUT2D eigenvalue weighted by molar-refractivity contribution is 0.0730. The molecule has 162 valence electrons. The minimum absolute atomic E-state index is 0.0803. The highest BCUT2D eigenvalue weighted by Gasteiger charge is 2.27. The lowest BCUT2D eigenvalue weighted by Gasteiger charge is -2.26. The van der Waals surface area contributed by atoms with E-state index in [4.69, 9.17) is 16.3 Å². The predicted octanol–water partition coefficient (Wildman–Crippen LogP) is 2.86. The first-order valence-corrected chi connectivity index (χ1v) is 11.5. The van der Waals surface area contributed by atoms with Crippen molar-refractivity contribution in [3.05, 3.63) is 76.9 Å². The summed E-state index contributed by atoms with van der Waals surface area (Å²) in [6, 6.07) is 15.1. The van der Waals surface area contributed by atoms with Crippen LogP contribution in [-0.2, 0) is 21.3 Å². The molecule has 10 heteroatoms. The van der Waals surface area contributed by atoms with E-state index in [2.05, 4.69) is 10.4 Å². The summed E-state index contributed by atoms with van der Waals surface area (Å²) in [6.45, 7) is 1.75. The van der Waals surface area contributed by atoms with Crippen LogP contribution in [0.5, 0.6) is 0 Å². The van der Waals surface area contributed by atoms with E-state index in [1.807, 2.05) is 12.1 Å². The predicted molar refractivity (Wildman–Crippen MR) is 117 cm³/mol. The second kappa shape index (κ2) is 9.19. The van der Waals surface area contributed by atoms with Crippen molar-refractivity contribution < 1.29 is 17.9 Å². The van der Waals surface area contributed by atoms with Gasteiger partial charge in [0.2, 0.25) is 10.0 Å². The molecule has 0 saturated carbocycles. The van der Waals surface area contributed by atoms with Crippen LogP contribution in [0.3, 0.4) is 0 Å². The molecule has 0 spiro atoms. The van der Waals surface area contributed by atoms with Crippen molar-refractivity contribution in [2.45, 2.75) is 11.4 Å². The highest BCUT2D eigenvalue weighted by Crippen LogP contribution is 2.20. The van der Waals surface area contributed by atoms with Gasteiger partial charge in [0.25, 0.3) is 5.91 Å². The Hall–Kier alpha value is -2.72. The van der Waals surface area contributed by atoms with Crippen molar-refractivity contribution >= 4 is 33.3 Å². The Morgan fingerprint density at radius 3 is 2.58 bits per heavy atom. The van der Waals surface area contributed by atoms with Gasteiger partial charge in [-0.3, -0.25) is 4.79 Å². The first-order valence-electron chi connectivity index (χ1n) is 9.69. The van der Waals surface area contributed by atoms with Gasteiger partial charge in [0, 0.05) is 29.7 Å². The number of benzene rings is 2.